The van der Waals surface area contributed by atoms with Crippen molar-refractivity contribution in [3.05, 3.63) is 35.9 Å². The summed E-state index contributed by atoms with van der Waals surface area (Å²) in [5.41, 5.74) is 1.52. The van der Waals surface area contributed by atoms with Crippen LogP contribution in [0.2, 0.25) is 0 Å². The molecule has 0 bridgehead atoms. The zero-order valence-electron chi connectivity index (χ0n) is 15.8. The van der Waals surface area contributed by atoms with Gasteiger partial charge in [0.15, 0.2) is 5.96 Å². The lowest BCUT2D eigenvalue weighted by Gasteiger charge is -2.31. The van der Waals surface area contributed by atoms with E-state index in [-0.39, 0.29) is 0 Å². The zero-order valence-corrected chi connectivity index (χ0v) is 15.8. The lowest BCUT2D eigenvalue weighted by molar-refractivity contribution is 0.181. The maximum Gasteiger partial charge on any atom is 0.193 e. The van der Waals surface area contributed by atoms with E-state index in [9.17, 15) is 0 Å². The average molecular weight is 344 g/mol. The largest absolute Gasteiger partial charge is 0.381 e. The third-order valence-electron chi connectivity index (χ3n) is 5.80. The van der Waals surface area contributed by atoms with Gasteiger partial charge in [0, 0.05) is 39.7 Å². The molecule has 1 saturated heterocycles. The van der Waals surface area contributed by atoms with Crippen molar-refractivity contribution in [2.45, 2.75) is 38.0 Å². The smallest absolute Gasteiger partial charge is 0.193 e. The van der Waals surface area contributed by atoms with Crippen LogP contribution < -0.4 is 5.32 Å². The Morgan fingerprint density at radius 1 is 1.12 bits per heavy atom. The van der Waals surface area contributed by atoms with Crippen molar-refractivity contribution in [3.8, 4) is 0 Å². The van der Waals surface area contributed by atoms with Crippen LogP contribution in [0.4, 0.5) is 0 Å². The molecule has 4 nitrogen and oxygen atoms in total. The Labute approximate surface area is 152 Å². The minimum absolute atomic E-state index is 0.643. The van der Waals surface area contributed by atoms with Crippen molar-refractivity contribution in [2.24, 2.45) is 16.8 Å². The Morgan fingerprint density at radius 2 is 1.88 bits per heavy atom. The van der Waals surface area contributed by atoms with E-state index in [0.29, 0.717) is 5.92 Å². The summed E-state index contributed by atoms with van der Waals surface area (Å²) in [7, 11) is 4.02. The standard InChI is InChI=1S/C21H33N3O/c1-22-21(24(2)15-18-12-13-25-16-18)23-14-17-8-10-20(11-9-17)19-6-4-3-5-7-19/h3-7,17-18,20H,8-16H2,1-2H3,(H,22,23). The van der Waals surface area contributed by atoms with Gasteiger partial charge in [-0.2, -0.15) is 0 Å². The van der Waals surface area contributed by atoms with Crippen molar-refractivity contribution in [1.29, 1.82) is 0 Å². The number of hydrogen-bond donors (Lipinski definition) is 1. The van der Waals surface area contributed by atoms with Crippen LogP contribution in [-0.2, 0) is 4.74 Å². The van der Waals surface area contributed by atoms with Gasteiger partial charge in [-0.25, -0.2) is 0 Å². The normalized spacial score (nSPS) is 27.3. The predicted octanol–water partition coefficient (Wildman–Crippen LogP) is 3.50. The first-order chi connectivity index (χ1) is 12.3. The van der Waals surface area contributed by atoms with Gasteiger partial charge in [-0.05, 0) is 49.5 Å². The Balaban J connectivity index is 1.40. The summed E-state index contributed by atoms with van der Waals surface area (Å²) in [6, 6.07) is 11.0. The molecule has 1 N–H and O–H groups in total. The van der Waals surface area contributed by atoms with Crippen LogP contribution in [0.1, 0.15) is 43.6 Å². The van der Waals surface area contributed by atoms with Crippen molar-refractivity contribution in [1.82, 2.24) is 10.2 Å². The summed E-state index contributed by atoms with van der Waals surface area (Å²) < 4.78 is 5.49. The van der Waals surface area contributed by atoms with Gasteiger partial charge in [0.05, 0.1) is 6.61 Å². The van der Waals surface area contributed by atoms with Crippen LogP contribution in [0, 0.1) is 11.8 Å². The summed E-state index contributed by atoms with van der Waals surface area (Å²) in [6.07, 6.45) is 6.41. The number of benzene rings is 1. The van der Waals surface area contributed by atoms with Gasteiger partial charge in [-0.3, -0.25) is 4.99 Å². The van der Waals surface area contributed by atoms with E-state index in [0.717, 1.165) is 44.1 Å². The molecule has 0 spiro atoms. The second-order valence-corrected chi connectivity index (χ2v) is 7.67. The highest BCUT2D eigenvalue weighted by Gasteiger charge is 2.23. The van der Waals surface area contributed by atoms with Crippen LogP contribution in [-0.4, -0.2) is 51.3 Å². The van der Waals surface area contributed by atoms with Crippen molar-refractivity contribution in [2.75, 3.05) is 40.4 Å². The van der Waals surface area contributed by atoms with Crippen LogP contribution >= 0.6 is 0 Å². The van der Waals surface area contributed by atoms with E-state index in [1.54, 1.807) is 0 Å². The van der Waals surface area contributed by atoms with Gasteiger partial charge >= 0.3 is 0 Å². The Bertz CT molecular complexity index is 531. The lowest BCUT2D eigenvalue weighted by atomic mass is 9.79. The van der Waals surface area contributed by atoms with Crippen LogP contribution in [0.5, 0.6) is 0 Å². The number of rotatable bonds is 5. The number of nitrogens with one attached hydrogen (secondary N) is 1. The Hall–Kier alpha value is -1.55. The van der Waals surface area contributed by atoms with Gasteiger partial charge in [0.1, 0.15) is 0 Å². The summed E-state index contributed by atoms with van der Waals surface area (Å²) in [5, 5.41) is 3.60. The molecule has 2 aliphatic rings. The minimum Gasteiger partial charge on any atom is -0.381 e. The SMILES string of the molecule is CN=C(NCC1CCC(c2ccccc2)CC1)N(C)CC1CCOC1. The monoisotopic (exact) mass is 343 g/mol. The molecule has 0 amide bonds. The Kier molecular flexibility index (Phi) is 6.74. The summed E-state index contributed by atoms with van der Waals surface area (Å²) in [5.74, 6) is 3.18. The van der Waals surface area contributed by atoms with Gasteiger partial charge < -0.3 is 15.0 Å². The third-order valence-corrected chi connectivity index (χ3v) is 5.80. The van der Waals surface area contributed by atoms with Gasteiger partial charge in [-0.1, -0.05) is 30.3 Å². The summed E-state index contributed by atoms with van der Waals surface area (Å²) in [6.45, 7) is 3.88. The fraction of sp³-hybridized carbons (Fsp3) is 0.667. The third kappa shape index (κ3) is 5.21. The Morgan fingerprint density at radius 3 is 2.52 bits per heavy atom. The molecule has 4 heteroatoms. The number of guanidine groups is 1. The minimum atomic E-state index is 0.643. The maximum absolute atomic E-state index is 5.49. The quantitative estimate of drug-likeness (QED) is 0.657. The van der Waals surface area contributed by atoms with Crippen LogP contribution in [0.15, 0.2) is 35.3 Å². The average Bonchev–Trinajstić information content (AvgIpc) is 3.16. The molecule has 1 atom stereocenters. The molecule has 1 heterocycles. The number of aliphatic imine (C=N–C) groups is 1. The van der Waals surface area contributed by atoms with E-state index < -0.39 is 0 Å². The topological polar surface area (TPSA) is 36.9 Å². The molecule has 138 valence electrons. The molecule has 1 aromatic rings. The molecule has 25 heavy (non-hydrogen) atoms. The molecule has 1 unspecified atom stereocenters. The summed E-state index contributed by atoms with van der Waals surface area (Å²) >= 11 is 0. The molecule has 0 aromatic heterocycles. The highest BCUT2D eigenvalue weighted by Crippen LogP contribution is 2.35. The summed E-state index contributed by atoms with van der Waals surface area (Å²) in [4.78, 5) is 6.73. The van der Waals surface area contributed by atoms with E-state index >= 15 is 0 Å². The molecule has 1 aromatic carbocycles. The fourth-order valence-corrected chi connectivity index (χ4v) is 4.25. The maximum atomic E-state index is 5.49. The van der Waals surface area contributed by atoms with E-state index in [1.165, 1.54) is 37.7 Å². The van der Waals surface area contributed by atoms with E-state index in [1.807, 2.05) is 7.05 Å². The predicted molar refractivity (Wildman–Crippen MR) is 104 cm³/mol. The van der Waals surface area contributed by atoms with Crippen LogP contribution in [0.25, 0.3) is 0 Å². The molecular formula is C21H33N3O. The fourth-order valence-electron chi connectivity index (χ4n) is 4.25. The number of hydrogen-bond acceptors (Lipinski definition) is 2. The second kappa shape index (κ2) is 9.23. The van der Waals surface area contributed by atoms with E-state index in [4.69, 9.17) is 4.74 Å². The molecule has 3 rings (SSSR count). The van der Waals surface area contributed by atoms with Crippen molar-refractivity contribution < 1.29 is 4.74 Å². The highest BCUT2D eigenvalue weighted by molar-refractivity contribution is 5.79. The number of ether oxygens (including phenoxy) is 1. The molecule has 1 aliphatic carbocycles. The first-order valence-electron chi connectivity index (χ1n) is 9.80. The highest BCUT2D eigenvalue weighted by atomic mass is 16.5. The molecule has 2 fully saturated rings. The zero-order chi connectivity index (χ0) is 17.5. The first kappa shape index (κ1) is 18.2. The molecular weight excluding hydrogens is 310 g/mol. The number of nitrogens with zero attached hydrogens (tertiary/aromatic N) is 2. The van der Waals surface area contributed by atoms with Gasteiger partial charge in [0.2, 0.25) is 0 Å². The second-order valence-electron chi connectivity index (χ2n) is 7.67. The van der Waals surface area contributed by atoms with Gasteiger partial charge in [0.25, 0.3) is 0 Å². The molecule has 0 radical (unpaired) electrons. The molecule has 1 aliphatic heterocycles. The molecule has 1 saturated carbocycles. The lowest BCUT2D eigenvalue weighted by Crippen LogP contribution is -2.43. The first-order valence-corrected chi connectivity index (χ1v) is 9.80. The van der Waals surface area contributed by atoms with Crippen molar-refractivity contribution >= 4 is 5.96 Å². The van der Waals surface area contributed by atoms with Gasteiger partial charge in [-0.15, -0.1) is 0 Å². The van der Waals surface area contributed by atoms with Crippen molar-refractivity contribution in [3.63, 3.8) is 0 Å². The van der Waals surface area contributed by atoms with Crippen LogP contribution in [0.3, 0.4) is 0 Å². The van der Waals surface area contributed by atoms with E-state index in [2.05, 4.69) is 52.6 Å².